The van der Waals surface area contributed by atoms with Crippen molar-refractivity contribution in [1.82, 2.24) is 5.32 Å². The van der Waals surface area contributed by atoms with E-state index in [0.717, 1.165) is 29.7 Å². The molecule has 1 N–H and O–H groups in total. The second kappa shape index (κ2) is 15.0. The molecule has 0 saturated heterocycles. The minimum Gasteiger partial charge on any atom is -0.490 e. The topological polar surface area (TPSA) is 77.8 Å². The van der Waals surface area contributed by atoms with Gasteiger partial charge in [-0.05, 0) is 36.2 Å². The van der Waals surface area contributed by atoms with Gasteiger partial charge in [-0.1, -0.05) is 97.9 Å². The number of rotatable bonds is 12. The first-order valence-electron chi connectivity index (χ1n) is 13.9. The average molecular weight is 584 g/mol. The zero-order chi connectivity index (χ0) is 28.4. The first kappa shape index (κ1) is 30.6. The largest absolute Gasteiger partial charge is 0.490 e. The Morgan fingerprint density at radius 1 is 0.833 bits per heavy atom. The number of benzene rings is 4. The molecule has 1 aromatic heterocycles. The van der Waals surface area contributed by atoms with Gasteiger partial charge in [-0.25, -0.2) is 0 Å². The third-order valence-electron chi connectivity index (χ3n) is 6.78. The summed E-state index contributed by atoms with van der Waals surface area (Å²) >= 11 is 0. The number of hydrogen-bond acceptors (Lipinski definition) is 6. The van der Waals surface area contributed by atoms with Crippen molar-refractivity contribution in [2.45, 2.75) is 25.4 Å². The molecular weight excluding hydrogens is 550 g/mol. The van der Waals surface area contributed by atoms with Crippen LogP contribution in [0, 0.1) is 0 Å². The Hall–Kier alpha value is -4.39. The number of carbonyl (C=O) groups is 1. The summed E-state index contributed by atoms with van der Waals surface area (Å²) in [7, 11) is 0. The lowest BCUT2D eigenvalue weighted by molar-refractivity contribution is -0.151. The van der Waals surface area contributed by atoms with Gasteiger partial charge in [0.1, 0.15) is 35.7 Å². The van der Waals surface area contributed by atoms with Crippen LogP contribution in [-0.2, 0) is 9.53 Å². The van der Waals surface area contributed by atoms with Crippen LogP contribution in [0.15, 0.2) is 124 Å². The van der Waals surface area contributed by atoms with Crippen molar-refractivity contribution in [3.63, 3.8) is 0 Å². The zero-order valence-electron chi connectivity index (χ0n) is 23.4. The van der Waals surface area contributed by atoms with Gasteiger partial charge < -0.3 is 19.2 Å². The Bertz CT molecular complexity index is 1580. The highest BCUT2D eigenvalue weighted by atomic mass is 35.5. The van der Waals surface area contributed by atoms with Crippen molar-refractivity contribution in [3.05, 3.63) is 137 Å². The number of nitrogens with one attached hydrogen (secondary N) is 1. The zero-order valence-corrected chi connectivity index (χ0v) is 24.2. The molecule has 0 aliphatic heterocycles. The Morgan fingerprint density at radius 2 is 1.45 bits per heavy atom. The van der Waals surface area contributed by atoms with Crippen molar-refractivity contribution in [1.29, 1.82) is 0 Å². The van der Waals surface area contributed by atoms with Gasteiger partial charge in [0.05, 0.1) is 5.39 Å². The van der Waals surface area contributed by atoms with Crippen molar-refractivity contribution < 1.29 is 18.7 Å². The van der Waals surface area contributed by atoms with E-state index in [4.69, 9.17) is 13.9 Å². The van der Waals surface area contributed by atoms with E-state index in [1.165, 1.54) is 6.07 Å². The molecule has 6 nitrogen and oxygen atoms in total. The monoisotopic (exact) mass is 583 g/mol. The van der Waals surface area contributed by atoms with Crippen LogP contribution in [0.2, 0.25) is 0 Å². The predicted molar refractivity (Wildman–Crippen MR) is 168 cm³/mol. The second-order valence-corrected chi connectivity index (χ2v) is 9.83. The second-order valence-electron chi connectivity index (χ2n) is 9.83. The molecule has 0 bridgehead atoms. The molecule has 1 atom stereocenters. The summed E-state index contributed by atoms with van der Waals surface area (Å²) in [5.41, 5.74) is 2.85. The van der Waals surface area contributed by atoms with Crippen LogP contribution in [0.4, 0.5) is 0 Å². The fourth-order valence-electron chi connectivity index (χ4n) is 4.72. The number of hydrogen-bond donors (Lipinski definition) is 1. The van der Waals surface area contributed by atoms with Crippen LogP contribution in [0.1, 0.15) is 30.4 Å². The number of fused-ring (bicyclic) bond motifs is 1. The van der Waals surface area contributed by atoms with Gasteiger partial charge in [0, 0.05) is 24.2 Å². The first-order valence-corrected chi connectivity index (χ1v) is 13.9. The Labute approximate surface area is 251 Å². The summed E-state index contributed by atoms with van der Waals surface area (Å²) in [6.45, 7) is 3.44. The van der Waals surface area contributed by atoms with Crippen LogP contribution >= 0.6 is 12.4 Å². The van der Waals surface area contributed by atoms with Gasteiger partial charge in [0.2, 0.25) is 0 Å². The van der Waals surface area contributed by atoms with Crippen LogP contribution in [0.5, 0.6) is 5.75 Å². The summed E-state index contributed by atoms with van der Waals surface area (Å²) in [6.07, 6.45) is 0.411. The number of carbonyl (C=O) groups excluding carboxylic acids is 1. The van der Waals surface area contributed by atoms with E-state index in [1.807, 2.05) is 91.0 Å². The predicted octanol–water partition coefficient (Wildman–Crippen LogP) is 7.00. The maximum Gasteiger partial charge on any atom is 0.318 e. The van der Waals surface area contributed by atoms with Gasteiger partial charge in [-0.2, -0.15) is 0 Å². The fraction of sp³-hybridized carbons (Fsp3) is 0.200. The summed E-state index contributed by atoms with van der Waals surface area (Å²) in [6, 6.07) is 35.4. The highest BCUT2D eigenvalue weighted by Gasteiger charge is 2.27. The van der Waals surface area contributed by atoms with Crippen molar-refractivity contribution in [2.75, 3.05) is 19.7 Å². The normalized spacial score (nSPS) is 11.6. The van der Waals surface area contributed by atoms with Gasteiger partial charge in [0.25, 0.3) is 0 Å². The Kier molecular flexibility index (Phi) is 10.9. The molecule has 0 spiro atoms. The van der Waals surface area contributed by atoms with E-state index in [1.54, 1.807) is 18.2 Å². The smallest absolute Gasteiger partial charge is 0.318 e. The first-order chi connectivity index (χ1) is 20.1. The van der Waals surface area contributed by atoms with E-state index in [9.17, 15) is 9.59 Å². The highest BCUT2D eigenvalue weighted by Crippen LogP contribution is 2.28. The molecule has 4 aromatic carbocycles. The summed E-state index contributed by atoms with van der Waals surface area (Å²) in [5, 5.41) is 3.81. The van der Waals surface area contributed by atoms with Gasteiger partial charge in [-0.3, -0.25) is 9.59 Å². The lowest BCUT2D eigenvalue weighted by atomic mass is 9.91. The van der Waals surface area contributed by atoms with E-state index in [0.29, 0.717) is 29.0 Å². The van der Waals surface area contributed by atoms with E-state index >= 15 is 0 Å². The van der Waals surface area contributed by atoms with E-state index < -0.39 is 12.0 Å². The Balaban J connectivity index is 0.00000405. The molecule has 5 aromatic rings. The maximum absolute atomic E-state index is 13.6. The number of esters is 1. The van der Waals surface area contributed by atoms with Gasteiger partial charge in [-0.15, -0.1) is 12.4 Å². The molecule has 0 radical (unpaired) electrons. The molecule has 1 unspecified atom stereocenters. The summed E-state index contributed by atoms with van der Waals surface area (Å²) in [5.74, 6) is 0.109. The quantitative estimate of drug-likeness (QED) is 0.126. The third kappa shape index (κ3) is 7.66. The Morgan fingerprint density at radius 3 is 2.07 bits per heavy atom. The van der Waals surface area contributed by atoms with Crippen LogP contribution in [0.3, 0.4) is 0 Å². The van der Waals surface area contributed by atoms with Gasteiger partial charge in [0.15, 0.2) is 5.43 Å². The standard InChI is InChI=1S/C35H33NO5.ClH/c1-2-20-36-23-29(40-35(38)34(26-14-8-4-9-15-26)27-16-10-5-11-17-27)24-39-28-18-19-30-31(37)22-32(41-33(30)21-28)25-12-6-3-7-13-25;/h3-19,21-22,29,34,36H,2,20,23-24H2,1H3;1H. The van der Waals surface area contributed by atoms with Crippen LogP contribution in [-0.4, -0.2) is 31.8 Å². The molecular formula is C35H34ClNO5. The molecule has 0 aliphatic rings. The lowest BCUT2D eigenvalue weighted by Crippen LogP contribution is -2.37. The van der Waals surface area contributed by atoms with Crippen LogP contribution < -0.4 is 15.5 Å². The van der Waals surface area contributed by atoms with E-state index in [2.05, 4.69) is 12.2 Å². The highest BCUT2D eigenvalue weighted by molar-refractivity contribution is 5.85. The third-order valence-corrected chi connectivity index (χ3v) is 6.78. The molecule has 0 fully saturated rings. The molecule has 216 valence electrons. The molecule has 0 saturated carbocycles. The lowest BCUT2D eigenvalue weighted by Gasteiger charge is -2.23. The van der Waals surface area contributed by atoms with Gasteiger partial charge >= 0.3 is 5.97 Å². The molecule has 7 heteroatoms. The number of ether oxygens (including phenoxy) is 2. The fourth-order valence-corrected chi connectivity index (χ4v) is 4.72. The maximum atomic E-state index is 13.6. The van der Waals surface area contributed by atoms with Crippen LogP contribution in [0.25, 0.3) is 22.3 Å². The van der Waals surface area contributed by atoms with Crippen molar-refractivity contribution in [3.8, 4) is 17.1 Å². The number of halogens is 1. The molecule has 0 amide bonds. The molecule has 1 heterocycles. The average Bonchev–Trinajstić information content (AvgIpc) is 3.01. The molecule has 0 aliphatic carbocycles. The minimum absolute atomic E-state index is 0. The minimum atomic E-state index is -0.558. The summed E-state index contributed by atoms with van der Waals surface area (Å²) in [4.78, 5) is 26.4. The van der Waals surface area contributed by atoms with Crippen molar-refractivity contribution in [2.24, 2.45) is 0 Å². The molecule has 42 heavy (non-hydrogen) atoms. The van der Waals surface area contributed by atoms with E-state index in [-0.39, 0.29) is 30.4 Å². The SMILES string of the molecule is CCCNCC(COc1ccc2c(=O)cc(-c3ccccc3)oc2c1)OC(=O)C(c1ccccc1)c1ccccc1.Cl. The van der Waals surface area contributed by atoms with Crippen molar-refractivity contribution >= 4 is 29.3 Å². The molecule has 5 rings (SSSR count). The summed E-state index contributed by atoms with van der Waals surface area (Å²) < 4.78 is 18.3.